The molecule has 0 spiro atoms. The number of likely N-dealkylation sites (tertiary alicyclic amines) is 1. The zero-order valence-electron chi connectivity index (χ0n) is 13.9. The summed E-state index contributed by atoms with van der Waals surface area (Å²) >= 11 is 0. The Hall–Kier alpha value is -2.30. The van der Waals surface area contributed by atoms with Gasteiger partial charge in [-0.1, -0.05) is 18.2 Å². The smallest absolute Gasteiger partial charge is 0.289 e. The van der Waals surface area contributed by atoms with E-state index in [-0.39, 0.29) is 23.4 Å². The highest BCUT2D eigenvalue weighted by atomic mass is 16.3. The zero-order chi connectivity index (χ0) is 16.7. The molecular weight excluding hydrogens is 304 g/mol. The van der Waals surface area contributed by atoms with Crippen molar-refractivity contribution in [3.63, 3.8) is 0 Å². The Labute approximate surface area is 141 Å². The number of furan rings is 1. The summed E-state index contributed by atoms with van der Waals surface area (Å²) in [6.45, 7) is 2.78. The number of amides is 2. The molecule has 1 N–H and O–H groups in total. The lowest BCUT2D eigenvalue weighted by Gasteiger charge is -2.47. The lowest BCUT2D eigenvalue weighted by molar-refractivity contribution is -0.123. The maximum absolute atomic E-state index is 13.1. The first kappa shape index (κ1) is 15.2. The van der Waals surface area contributed by atoms with Gasteiger partial charge in [0.2, 0.25) is 5.91 Å². The average Bonchev–Trinajstić information content (AvgIpc) is 2.92. The van der Waals surface area contributed by atoms with Crippen molar-refractivity contribution in [2.45, 2.75) is 50.6 Å². The second-order valence-electron chi connectivity index (χ2n) is 7.12. The molecule has 2 aliphatic rings. The van der Waals surface area contributed by atoms with E-state index in [1.165, 1.54) is 0 Å². The third kappa shape index (κ3) is 2.48. The van der Waals surface area contributed by atoms with Crippen LogP contribution >= 0.6 is 0 Å². The number of fused-ring (bicyclic) bond motifs is 2. The van der Waals surface area contributed by atoms with Gasteiger partial charge in [0.25, 0.3) is 5.91 Å². The van der Waals surface area contributed by atoms with Crippen LogP contribution in [0.3, 0.4) is 0 Å². The first-order chi connectivity index (χ1) is 11.6. The second-order valence-corrected chi connectivity index (χ2v) is 7.12. The molecule has 24 heavy (non-hydrogen) atoms. The van der Waals surface area contributed by atoms with Crippen molar-refractivity contribution in [2.75, 3.05) is 6.54 Å². The summed E-state index contributed by atoms with van der Waals surface area (Å²) in [5.74, 6) is 0.410. The molecule has 2 atom stereocenters. The van der Waals surface area contributed by atoms with Crippen LogP contribution in [-0.2, 0) is 4.79 Å². The zero-order valence-corrected chi connectivity index (χ0v) is 13.9. The number of hydrogen-bond donors (Lipinski definition) is 1. The van der Waals surface area contributed by atoms with Crippen molar-refractivity contribution < 1.29 is 14.0 Å². The van der Waals surface area contributed by atoms with Gasteiger partial charge in [-0.3, -0.25) is 9.59 Å². The van der Waals surface area contributed by atoms with Crippen LogP contribution in [0.5, 0.6) is 0 Å². The van der Waals surface area contributed by atoms with Crippen LogP contribution < -0.4 is 5.32 Å². The first-order valence-electron chi connectivity index (χ1n) is 8.67. The molecular formula is C19H22N2O3. The maximum atomic E-state index is 13.1. The minimum absolute atomic E-state index is 0.0263. The molecule has 126 valence electrons. The molecule has 5 nitrogen and oxygen atoms in total. The molecule has 0 saturated carbocycles. The maximum Gasteiger partial charge on any atom is 0.289 e. The Morgan fingerprint density at radius 1 is 1.33 bits per heavy atom. The molecule has 0 bridgehead atoms. The SMILES string of the molecule is C[C@]12CCCN(C(=O)c3cc4ccccc4o3)[C@H]1CCCC(=O)N2. The van der Waals surface area contributed by atoms with E-state index in [0.29, 0.717) is 18.7 Å². The van der Waals surface area contributed by atoms with E-state index in [4.69, 9.17) is 4.42 Å². The van der Waals surface area contributed by atoms with Crippen LogP contribution in [0.1, 0.15) is 49.6 Å². The lowest BCUT2D eigenvalue weighted by atomic mass is 9.81. The molecule has 0 aliphatic carbocycles. The van der Waals surface area contributed by atoms with Gasteiger partial charge in [-0.05, 0) is 44.7 Å². The van der Waals surface area contributed by atoms with Crippen molar-refractivity contribution in [1.82, 2.24) is 10.2 Å². The Bertz CT molecular complexity index is 764. The number of benzene rings is 1. The summed E-state index contributed by atoms with van der Waals surface area (Å²) in [7, 11) is 0. The van der Waals surface area contributed by atoms with E-state index in [0.717, 1.165) is 36.7 Å². The number of nitrogens with one attached hydrogen (secondary N) is 1. The standard InChI is InChI=1S/C19H22N2O3/c1-19-10-5-11-21(16(19)8-4-9-17(22)20-19)18(23)15-12-13-6-2-3-7-14(13)24-15/h2-3,6-7,12,16H,4-5,8-11H2,1H3,(H,20,22)/t16-,19-/m0/s1. The van der Waals surface area contributed by atoms with Crippen molar-refractivity contribution in [1.29, 1.82) is 0 Å². The highest BCUT2D eigenvalue weighted by molar-refractivity contribution is 5.96. The fourth-order valence-electron chi connectivity index (χ4n) is 4.21. The first-order valence-corrected chi connectivity index (χ1v) is 8.67. The summed E-state index contributed by atoms with van der Waals surface area (Å²) in [6.07, 6.45) is 4.00. The van der Waals surface area contributed by atoms with Crippen molar-refractivity contribution >= 4 is 22.8 Å². The van der Waals surface area contributed by atoms with E-state index in [9.17, 15) is 9.59 Å². The molecule has 4 rings (SSSR count). The van der Waals surface area contributed by atoms with Crippen LogP contribution in [0, 0.1) is 0 Å². The molecule has 0 radical (unpaired) electrons. The number of para-hydroxylation sites is 1. The lowest BCUT2D eigenvalue weighted by Crippen LogP contribution is -2.63. The van der Waals surface area contributed by atoms with Crippen molar-refractivity contribution in [2.24, 2.45) is 0 Å². The molecule has 2 aliphatic heterocycles. The number of piperidine rings is 1. The number of hydrogen-bond acceptors (Lipinski definition) is 3. The minimum atomic E-state index is -0.340. The van der Waals surface area contributed by atoms with Gasteiger partial charge < -0.3 is 14.6 Å². The van der Waals surface area contributed by atoms with Crippen molar-refractivity contribution in [3.05, 3.63) is 36.1 Å². The minimum Gasteiger partial charge on any atom is -0.451 e. The number of carbonyl (C=O) groups is 2. The van der Waals surface area contributed by atoms with E-state index in [1.54, 1.807) is 0 Å². The number of carbonyl (C=O) groups excluding carboxylic acids is 2. The molecule has 2 amide bonds. The Morgan fingerprint density at radius 2 is 2.17 bits per heavy atom. The van der Waals surface area contributed by atoms with E-state index >= 15 is 0 Å². The average molecular weight is 326 g/mol. The normalized spacial score (nSPS) is 27.5. The summed E-state index contributed by atoms with van der Waals surface area (Å²) in [6, 6.07) is 9.50. The van der Waals surface area contributed by atoms with Gasteiger partial charge in [0.05, 0.1) is 11.6 Å². The molecule has 0 unspecified atom stereocenters. The molecule has 1 aromatic heterocycles. The van der Waals surface area contributed by atoms with Gasteiger partial charge in [-0.2, -0.15) is 0 Å². The van der Waals surface area contributed by atoms with Gasteiger partial charge in [-0.25, -0.2) is 0 Å². The predicted molar refractivity (Wildman–Crippen MR) is 90.7 cm³/mol. The van der Waals surface area contributed by atoms with Gasteiger partial charge in [-0.15, -0.1) is 0 Å². The van der Waals surface area contributed by atoms with Gasteiger partial charge in [0, 0.05) is 18.4 Å². The van der Waals surface area contributed by atoms with Crippen LogP contribution in [0.2, 0.25) is 0 Å². The monoisotopic (exact) mass is 326 g/mol. The van der Waals surface area contributed by atoms with E-state index in [2.05, 4.69) is 12.2 Å². The Balaban J connectivity index is 1.66. The summed E-state index contributed by atoms with van der Waals surface area (Å²) in [5.41, 5.74) is 0.392. The number of rotatable bonds is 1. The van der Waals surface area contributed by atoms with Gasteiger partial charge >= 0.3 is 0 Å². The highest BCUT2D eigenvalue weighted by Crippen LogP contribution is 2.34. The summed E-state index contributed by atoms with van der Waals surface area (Å²) in [5, 5.41) is 4.10. The molecule has 3 heterocycles. The molecule has 2 fully saturated rings. The highest BCUT2D eigenvalue weighted by Gasteiger charge is 2.45. The van der Waals surface area contributed by atoms with Crippen molar-refractivity contribution in [3.8, 4) is 0 Å². The Kier molecular flexibility index (Phi) is 3.59. The van der Waals surface area contributed by atoms with Crippen LogP contribution in [-0.4, -0.2) is 34.8 Å². The fraction of sp³-hybridized carbons (Fsp3) is 0.474. The Morgan fingerprint density at radius 3 is 3.00 bits per heavy atom. The second kappa shape index (κ2) is 5.65. The molecule has 2 aromatic rings. The molecule has 1 aromatic carbocycles. The molecule has 2 saturated heterocycles. The largest absolute Gasteiger partial charge is 0.451 e. The topological polar surface area (TPSA) is 62.6 Å². The van der Waals surface area contributed by atoms with Crippen LogP contribution in [0.4, 0.5) is 0 Å². The molecule has 5 heteroatoms. The quantitative estimate of drug-likeness (QED) is 0.876. The summed E-state index contributed by atoms with van der Waals surface area (Å²) < 4.78 is 5.77. The van der Waals surface area contributed by atoms with Gasteiger partial charge in [0.1, 0.15) is 5.58 Å². The third-order valence-corrected chi connectivity index (χ3v) is 5.41. The fourth-order valence-corrected chi connectivity index (χ4v) is 4.21. The third-order valence-electron chi connectivity index (χ3n) is 5.41. The van der Waals surface area contributed by atoms with Crippen LogP contribution in [0.25, 0.3) is 11.0 Å². The summed E-state index contributed by atoms with van der Waals surface area (Å²) in [4.78, 5) is 27.0. The van der Waals surface area contributed by atoms with E-state index < -0.39 is 0 Å². The van der Waals surface area contributed by atoms with Gasteiger partial charge in [0.15, 0.2) is 5.76 Å². The van der Waals surface area contributed by atoms with E-state index in [1.807, 2.05) is 35.2 Å². The number of nitrogens with zero attached hydrogens (tertiary/aromatic N) is 1. The van der Waals surface area contributed by atoms with Crippen LogP contribution in [0.15, 0.2) is 34.7 Å². The predicted octanol–water partition coefficient (Wildman–Crippen LogP) is 3.10.